The first-order valence-corrected chi connectivity index (χ1v) is 5.15. The topological polar surface area (TPSA) is 71.5 Å². The number of ether oxygens (including phenoxy) is 1. The zero-order valence-electron chi connectivity index (χ0n) is 8.00. The number of rotatable bonds is 1. The van der Waals surface area contributed by atoms with Crippen molar-refractivity contribution in [2.45, 2.75) is 13.5 Å². The Morgan fingerprint density at radius 3 is 3.07 bits per heavy atom. The summed E-state index contributed by atoms with van der Waals surface area (Å²) in [6.45, 7) is 1.65. The van der Waals surface area contributed by atoms with Gasteiger partial charge in [0.15, 0.2) is 18.2 Å². The van der Waals surface area contributed by atoms with Gasteiger partial charge in [0.05, 0.1) is 12.3 Å². The molecule has 0 spiro atoms. The number of aliphatic hydroxyl groups is 1. The number of halogens is 1. The average molecular weight is 273 g/mol. The number of nitrogens with one attached hydrogen (secondary N) is 1. The second kappa shape index (κ2) is 3.79. The predicted molar refractivity (Wildman–Crippen MR) is 56.7 cm³/mol. The summed E-state index contributed by atoms with van der Waals surface area (Å²) in [6, 6.07) is 0. The van der Waals surface area contributed by atoms with Crippen molar-refractivity contribution in [3.05, 3.63) is 15.7 Å². The predicted octanol–water partition coefficient (Wildman–Crippen LogP) is 0.976. The summed E-state index contributed by atoms with van der Waals surface area (Å²) >= 11 is 3.32. The van der Waals surface area contributed by atoms with Gasteiger partial charge in [0.25, 0.3) is 5.91 Å². The number of nitrogens with zero attached hydrogens (tertiary/aromatic N) is 1. The van der Waals surface area contributed by atoms with E-state index in [1.165, 1.54) is 0 Å². The van der Waals surface area contributed by atoms with Crippen molar-refractivity contribution in [3.8, 4) is 5.75 Å². The largest absolute Gasteiger partial charge is 0.480 e. The van der Waals surface area contributed by atoms with Gasteiger partial charge in [0.2, 0.25) is 0 Å². The van der Waals surface area contributed by atoms with Crippen LogP contribution < -0.4 is 10.1 Å². The standard InChI is InChI=1S/C9H9BrN2O3/c1-4-7(10)5(2-13)11-9-8(4)15-3-6(14)12-9/h13H,2-3H2,1H3,(H,11,12,14). The highest BCUT2D eigenvalue weighted by molar-refractivity contribution is 9.10. The number of aliphatic hydroxyl groups excluding tert-OH is 1. The molecule has 1 aliphatic rings. The summed E-state index contributed by atoms with van der Waals surface area (Å²) in [5, 5.41) is 11.7. The minimum Gasteiger partial charge on any atom is -0.480 e. The van der Waals surface area contributed by atoms with E-state index in [1.807, 2.05) is 6.92 Å². The molecule has 0 unspecified atom stereocenters. The molecular formula is C9H9BrN2O3. The molecule has 15 heavy (non-hydrogen) atoms. The first-order valence-electron chi connectivity index (χ1n) is 4.36. The quantitative estimate of drug-likeness (QED) is 0.800. The van der Waals surface area contributed by atoms with Gasteiger partial charge in [-0.2, -0.15) is 0 Å². The molecule has 0 bridgehead atoms. The lowest BCUT2D eigenvalue weighted by atomic mass is 10.2. The Kier molecular flexibility index (Phi) is 2.62. The van der Waals surface area contributed by atoms with Crippen LogP contribution in [0.4, 0.5) is 5.82 Å². The van der Waals surface area contributed by atoms with Crippen molar-refractivity contribution < 1.29 is 14.6 Å². The second-order valence-electron chi connectivity index (χ2n) is 3.17. The summed E-state index contributed by atoms with van der Waals surface area (Å²) in [4.78, 5) is 15.2. The zero-order chi connectivity index (χ0) is 11.0. The summed E-state index contributed by atoms with van der Waals surface area (Å²) in [5.41, 5.74) is 1.31. The maximum atomic E-state index is 11.1. The molecule has 2 heterocycles. The lowest BCUT2D eigenvalue weighted by Gasteiger charge is -2.20. The van der Waals surface area contributed by atoms with Crippen LogP contribution in [0.15, 0.2) is 4.47 Å². The SMILES string of the molecule is Cc1c(Br)c(CO)nc2c1OCC(=O)N2. The highest BCUT2D eigenvalue weighted by Gasteiger charge is 2.22. The van der Waals surface area contributed by atoms with Crippen LogP contribution >= 0.6 is 15.9 Å². The third-order valence-electron chi connectivity index (χ3n) is 2.14. The number of hydrogen-bond acceptors (Lipinski definition) is 4. The van der Waals surface area contributed by atoms with Crippen LogP contribution in [-0.2, 0) is 11.4 Å². The van der Waals surface area contributed by atoms with Crippen LogP contribution in [0.25, 0.3) is 0 Å². The van der Waals surface area contributed by atoms with E-state index in [2.05, 4.69) is 26.2 Å². The van der Waals surface area contributed by atoms with Gasteiger partial charge in [0.1, 0.15) is 0 Å². The Morgan fingerprint density at radius 2 is 2.40 bits per heavy atom. The number of carbonyl (C=O) groups excluding carboxylic acids is 1. The summed E-state index contributed by atoms with van der Waals surface area (Å²) < 4.78 is 5.97. The normalized spacial score (nSPS) is 14.2. The number of hydrogen-bond donors (Lipinski definition) is 2. The molecule has 6 heteroatoms. The molecule has 1 aliphatic heterocycles. The smallest absolute Gasteiger partial charge is 0.263 e. The van der Waals surface area contributed by atoms with Crippen LogP contribution in [0.5, 0.6) is 5.75 Å². The van der Waals surface area contributed by atoms with Crippen molar-refractivity contribution >= 4 is 27.7 Å². The molecular weight excluding hydrogens is 264 g/mol. The Balaban J connectivity index is 2.57. The number of pyridine rings is 1. The van der Waals surface area contributed by atoms with Gasteiger partial charge in [0, 0.05) is 10.0 Å². The summed E-state index contributed by atoms with van der Waals surface area (Å²) in [5.74, 6) is 0.690. The van der Waals surface area contributed by atoms with Crippen LogP contribution in [-0.4, -0.2) is 22.6 Å². The lowest BCUT2D eigenvalue weighted by molar-refractivity contribution is -0.118. The Morgan fingerprint density at radius 1 is 1.67 bits per heavy atom. The maximum Gasteiger partial charge on any atom is 0.263 e. The molecule has 0 fully saturated rings. The second-order valence-corrected chi connectivity index (χ2v) is 3.96. The molecule has 1 aromatic heterocycles. The van der Waals surface area contributed by atoms with Crippen LogP contribution in [0.1, 0.15) is 11.3 Å². The zero-order valence-corrected chi connectivity index (χ0v) is 9.59. The molecule has 2 rings (SSSR count). The van der Waals surface area contributed by atoms with Gasteiger partial charge < -0.3 is 15.2 Å². The van der Waals surface area contributed by atoms with E-state index in [0.717, 1.165) is 5.56 Å². The Hall–Kier alpha value is -1.14. The van der Waals surface area contributed by atoms with Gasteiger partial charge in [-0.15, -0.1) is 0 Å². The molecule has 1 amide bonds. The third-order valence-corrected chi connectivity index (χ3v) is 3.19. The fraction of sp³-hybridized carbons (Fsp3) is 0.333. The van der Waals surface area contributed by atoms with Gasteiger partial charge in [-0.05, 0) is 22.9 Å². The molecule has 0 radical (unpaired) electrons. The van der Waals surface area contributed by atoms with Gasteiger partial charge in [-0.25, -0.2) is 4.98 Å². The molecule has 0 atom stereocenters. The fourth-order valence-corrected chi connectivity index (χ4v) is 1.79. The number of anilines is 1. The summed E-state index contributed by atoms with van der Waals surface area (Å²) in [7, 11) is 0. The molecule has 0 aromatic carbocycles. The molecule has 5 nitrogen and oxygen atoms in total. The van der Waals surface area contributed by atoms with E-state index in [4.69, 9.17) is 9.84 Å². The molecule has 2 N–H and O–H groups in total. The Bertz CT molecular complexity index is 434. The molecule has 1 aromatic rings. The van der Waals surface area contributed by atoms with Crippen molar-refractivity contribution in [1.29, 1.82) is 0 Å². The van der Waals surface area contributed by atoms with E-state index >= 15 is 0 Å². The highest BCUT2D eigenvalue weighted by atomic mass is 79.9. The van der Waals surface area contributed by atoms with Crippen LogP contribution in [0.3, 0.4) is 0 Å². The number of aromatic nitrogens is 1. The van der Waals surface area contributed by atoms with Crippen molar-refractivity contribution in [3.63, 3.8) is 0 Å². The molecule has 80 valence electrons. The third kappa shape index (κ3) is 1.70. The number of fused-ring (bicyclic) bond motifs is 1. The lowest BCUT2D eigenvalue weighted by Crippen LogP contribution is -2.27. The first-order chi connectivity index (χ1) is 7.13. The van der Waals surface area contributed by atoms with E-state index < -0.39 is 0 Å². The fourth-order valence-electron chi connectivity index (χ4n) is 1.40. The monoisotopic (exact) mass is 272 g/mol. The first kappa shape index (κ1) is 10.4. The number of carbonyl (C=O) groups is 1. The highest BCUT2D eigenvalue weighted by Crippen LogP contribution is 2.35. The average Bonchev–Trinajstić information content (AvgIpc) is 2.23. The van der Waals surface area contributed by atoms with Gasteiger partial charge >= 0.3 is 0 Å². The van der Waals surface area contributed by atoms with Crippen molar-refractivity contribution in [1.82, 2.24) is 4.98 Å². The summed E-state index contributed by atoms with van der Waals surface area (Å²) in [6.07, 6.45) is 0. The van der Waals surface area contributed by atoms with Crippen molar-refractivity contribution in [2.75, 3.05) is 11.9 Å². The molecule has 0 aliphatic carbocycles. The minimum atomic E-state index is -0.236. The van der Waals surface area contributed by atoms with E-state index in [-0.39, 0.29) is 19.1 Å². The van der Waals surface area contributed by atoms with Crippen molar-refractivity contribution in [2.24, 2.45) is 0 Å². The van der Waals surface area contributed by atoms with E-state index in [1.54, 1.807) is 0 Å². The van der Waals surface area contributed by atoms with Crippen LogP contribution in [0.2, 0.25) is 0 Å². The molecule has 0 saturated heterocycles. The van der Waals surface area contributed by atoms with E-state index in [9.17, 15) is 4.79 Å². The van der Waals surface area contributed by atoms with Gasteiger partial charge in [-0.1, -0.05) is 0 Å². The van der Waals surface area contributed by atoms with Crippen LogP contribution in [0, 0.1) is 6.92 Å². The van der Waals surface area contributed by atoms with E-state index in [0.29, 0.717) is 21.7 Å². The Labute approximate surface area is 94.6 Å². The number of amides is 1. The minimum absolute atomic E-state index is 0.000428. The molecule has 0 saturated carbocycles. The maximum absolute atomic E-state index is 11.1. The van der Waals surface area contributed by atoms with Gasteiger partial charge in [-0.3, -0.25) is 4.79 Å².